The second kappa shape index (κ2) is 6.11. The van der Waals surface area contributed by atoms with E-state index in [0.717, 1.165) is 27.7 Å². The van der Waals surface area contributed by atoms with Crippen molar-refractivity contribution in [1.82, 2.24) is 9.55 Å². The molecule has 0 saturated heterocycles. The first-order valence-corrected chi connectivity index (χ1v) is 9.56. The predicted octanol–water partition coefficient (Wildman–Crippen LogP) is 3.96. The Morgan fingerprint density at radius 2 is 2.00 bits per heavy atom. The number of pyridine rings is 1. The van der Waals surface area contributed by atoms with Crippen molar-refractivity contribution < 1.29 is 8.42 Å². The van der Waals surface area contributed by atoms with E-state index in [1.165, 1.54) is 6.20 Å². The van der Waals surface area contributed by atoms with Gasteiger partial charge in [-0.3, -0.25) is 9.71 Å². The Kier molecular flexibility index (Phi) is 4.27. The van der Waals surface area contributed by atoms with Gasteiger partial charge in [0.1, 0.15) is 0 Å². The lowest BCUT2D eigenvalue weighted by Crippen LogP contribution is -2.14. The average molecular weight is 364 g/mol. The van der Waals surface area contributed by atoms with Gasteiger partial charge in [-0.25, -0.2) is 8.42 Å². The van der Waals surface area contributed by atoms with Crippen molar-refractivity contribution in [3.63, 3.8) is 0 Å². The number of nitrogens with zero attached hydrogens (tertiary/aromatic N) is 2. The smallest absolute Gasteiger partial charge is 0.232 e. The summed E-state index contributed by atoms with van der Waals surface area (Å²) in [7, 11) is -1.37. The molecule has 3 aromatic rings. The number of halogens is 1. The maximum Gasteiger partial charge on any atom is 0.232 e. The van der Waals surface area contributed by atoms with Gasteiger partial charge in [-0.2, -0.15) is 0 Å². The molecule has 0 atom stereocenters. The van der Waals surface area contributed by atoms with E-state index >= 15 is 0 Å². The van der Waals surface area contributed by atoms with Crippen LogP contribution in [0.1, 0.15) is 12.5 Å². The highest BCUT2D eigenvalue weighted by Crippen LogP contribution is 2.34. The number of benzene rings is 1. The minimum atomic E-state index is -3.34. The Balaban J connectivity index is 2.15. The molecule has 2 aromatic heterocycles. The molecule has 0 amide bonds. The largest absolute Gasteiger partial charge is 0.343 e. The van der Waals surface area contributed by atoms with Gasteiger partial charge in [0.05, 0.1) is 23.3 Å². The van der Waals surface area contributed by atoms with Crippen LogP contribution < -0.4 is 4.72 Å². The molecule has 1 N–H and O–H groups in total. The van der Waals surface area contributed by atoms with E-state index < -0.39 is 10.0 Å². The highest BCUT2D eigenvalue weighted by molar-refractivity contribution is 7.92. The van der Waals surface area contributed by atoms with Crippen LogP contribution in [0.25, 0.3) is 22.2 Å². The zero-order valence-electron chi connectivity index (χ0n) is 13.7. The Labute approximate surface area is 146 Å². The molecule has 0 bridgehead atoms. The fourth-order valence-electron chi connectivity index (χ4n) is 2.89. The molecule has 0 aliphatic rings. The molecule has 0 unspecified atom stereocenters. The minimum absolute atomic E-state index is 0.0167. The SMILES string of the molecule is CCS(=O)(=O)Nc1cncc(-c2c(C)c3ccc(Cl)cc3n2C)c1. The molecule has 24 heavy (non-hydrogen) atoms. The van der Waals surface area contributed by atoms with Crippen LogP contribution in [0.2, 0.25) is 5.02 Å². The third-order valence-electron chi connectivity index (χ3n) is 4.08. The highest BCUT2D eigenvalue weighted by atomic mass is 35.5. The molecule has 3 rings (SSSR count). The van der Waals surface area contributed by atoms with E-state index in [4.69, 9.17) is 11.6 Å². The van der Waals surface area contributed by atoms with Gasteiger partial charge < -0.3 is 4.57 Å². The number of aryl methyl sites for hydroxylation is 2. The second-order valence-corrected chi connectivity index (χ2v) is 8.11. The number of hydrogen-bond donors (Lipinski definition) is 1. The molecular weight excluding hydrogens is 346 g/mol. The number of hydrogen-bond acceptors (Lipinski definition) is 3. The van der Waals surface area contributed by atoms with Crippen LogP contribution in [0.15, 0.2) is 36.7 Å². The van der Waals surface area contributed by atoms with E-state index in [-0.39, 0.29) is 5.75 Å². The van der Waals surface area contributed by atoms with Crippen LogP contribution in [0, 0.1) is 6.92 Å². The van der Waals surface area contributed by atoms with Crippen molar-refractivity contribution >= 4 is 38.2 Å². The Morgan fingerprint density at radius 1 is 1.25 bits per heavy atom. The molecule has 0 radical (unpaired) electrons. The summed E-state index contributed by atoms with van der Waals surface area (Å²) in [4.78, 5) is 4.18. The zero-order chi connectivity index (χ0) is 17.5. The molecule has 0 saturated carbocycles. The number of fused-ring (bicyclic) bond motifs is 1. The van der Waals surface area contributed by atoms with Crippen LogP contribution in [0.5, 0.6) is 0 Å². The van der Waals surface area contributed by atoms with E-state index in [2.05, 4.69) is 9.71 Å². The monoisotopic (exact) mass is 363 g/mol. The summed E-state index contributed by atoms with van der Waals surface area (Å²) in [5.74, 6) is 0.0167. The van der Waals surface area contributed by atoms with E-state index in [0.29, 0.717) is 10.7 Å². The van der Waals surface area contributed by atoms with E-state index in [1.807, 2.05) is 36.7 Å². The number of sulfonamides is 1. The van der Waals surface area contributed by atoms with Gasteiger partial charge in [0.2, 0.25) is 10.0 Å². The zero-order valence-corrected chi connectivity index (χ0v) is 15.2. The van der Waals surface area contributed by atoms with Crippen molar-refractivity contribution in [3.8, 4) is 11.3 Å². The molecule has 0 aliphatic carbocycles. The molecule has 1 aromatic carbocycles. The summed E-state index contributed by atoms with van der Waals surface area (Å²) < 4.78 is 28.1. The van der Waals surface area contributed by atoms with Crippen LogP contribution in [-0.2, 0) is 17.1 Å². The summed E-state index contributed by atoms with van der Waals surface area (Å²) in [5.41, 5.74) is 4.41. The van der Waals surface area contributed by atoms with Gasteiger partial charge in [0, 0.05) is 34.7 Å². The number of anilines is 1. The molecular formula is C17H18ClN3O2S. The molecule has 2 heterocycles. The van der Waals surface area contributed by atoms with Crippen molar-refractivity contribution in [2.24, 2.45) is 7.05 Å². The molecule has 5 nitrogen and oxygen atoms in total. The van der Waals surface area contributed by atoms with E-state index in [1.54, 1.807) is 19.2 Å². The lowest BCUT2D eigenvalue weighted by atomic mass is 10.1. The summed E-state index contributed by atoms with van der Waals surface area (Å²) in [6, 6.07) is 7.58. The maximum absolute atomic E-state index is 11.8. The lowest BCUT2D eigenvalue weighted by molar-refractivity contribution is 0.602. The first-order valence-electron chi connectivity index (χ1n) is 7.53. The maximum atomic E-state index is 11.8. The summed E-state index contributed by atoms with van der Waals surface area (Å²) >= 11 is 6.11. The second-order valence-electron chi connectivity index (χ2n) is 5.66. The molecule has 7 heteroatoms. The highest BCUT2D eigenvalue weighted by Gasteiger charge is 2.15. The quantitative estimate of drug-likeness (QED) is 0.763. The molecule has 0 aliphatic heterocycles. The van der Waals surface area contributed by atoms with Gasteiger partial charge in [0.15, 0.2) is 0 Å². The number of aromatic nitrogens is 2. The summed E-state index contributed by atoms with van der Waals surface area (Å²) in [6.45, 7) is 3.63. The third kappa shape index (κ3) is 2.99. The van der Waals surface area contributed by atoms with Crippen LogP contribution in [0.3, 0.4) is 0 Å². The van der Waals surface area contributed by atoms with Gasteiger partial charge in [-0.15, -0.1) is 0 Å². The standard InChI is InChI=1S/C17H18ClN3O2S/c1-4-24(22,23)20-14-7-12(9-19-10-14)17-11(2)15-6-5-13(18)8-16(15)21(17)3/h5-10,20H,4H2,1-3H3. The molecule has 0 fully saturated rings. The fraction of sp³-hybridized carbons (Fsp3) is 0.235. The van der Waals surface area contributed by atoms with Gasteiger partial charge >= 0.3 is 0 Å². The first-order chi connectivity index (χ1) is 11.3. The van der Waals surface area contributed by atoms with Crippen molar-refractivity contribution in [1.29, 1.82) is 0 Å². The lowest BCUT2D eigenvalue weighted by Gasteiger charge is -2.09. The minimum Gasteiger partial charge on any atom is -0.343 e. The predicted molar refractivity (Wildman–Crippen MR) is 99.0 cm³/mol. The Morgan fingerprint density at radius 3 is 2.71 bits per heavy atom. The number of rotatable bonds is 4. The van der Waals surface area contributed by atoms with Gasteiger partial charge in [-0.1, -0.05) is 17.7 Å². The van der Waals surface area contributed by atoms with E-state index in [9.17, 15) is 8.42 Å². The van der Waals surface area contributed by atoms with Crippen molar-refractivity contribution in [2.75, 3.05) is 10.5 Å². The number of nitrogens with one attached hydrogen (secondary N) is 1. The Hall–Kier alpha value is -2.05. The normalized spacial score (nSPS) is 11.8. The molecule has 126 valence electrons. The fourth-order valence-corrected chi connectivity index (χ4v) is 3.67. The summed E-state index contributed by atoms with van der Waals surface area (Å²) in [5, 5.41) is 1.79. The van der Waals surface area contributed by atoms with Gasteiger partial charge in [-0.05, 0) is 37.6 Å². The topological polar surface area (TPSA) is 64.0 Å². The van der Waals surface area contributed by atoms with Crippen molar-refractivity contribution in [2.45, 2.75) is 13.8 Å². The van der Waals surface area contributed by atoms with Crippen molar-refractivity contribution in [3.05, 3.63) is 47.2 Å². The van der Waals surface area contributed by atoms with Gasteiger partial charge in [0.25, 0.3) is 0 Å². The third-order valence-corrected chi connectivity index (χ3v) is 5.62. The van der Waals surface area contributed by atoms with Crippen LogP contribution in [0.4, 0.5) is 5.69 Å². The average Bonchev–Trinajstić information content (AvgIpc) is 2.78. The summed E-state index contributed by atoms with van der Waals surface area (Å²) in [6.07, 6.45) is 3.23. The Bertz CT molecular complexity index is 1030. The molecule has 0 spiro atoms. The van der Waals surface area contributed by atoms with Crippen LogP contribution in [-0.4, -0.2) is 23.7 Å². The van der Waals surface area contributed by atoms with Crippen LogP contribution >= 0.6 is 11.6 Å². The first kappa shape index (κ1) is 16.8.